The average molecular weight is 281 g/mol. The van der Waals surface area contributed by atoms with E-state index in [4.69, 9.17) is 5.11 Å². The summed E-state index contributed by atoms with van der Waals surface area (Å²) in [6, 6.07) is 4.85. The molecule has 1 N–H and O–H groups in total. The predicted octanol–water partition coefficient (Wildman–Crippen LogP) is 1.37. The van der Waals surface area contributed by atoms with E-state index in [1.807, 2.05) is 20.8 Å². The van der Waals surface area contributed by atoms with Gasteiger partial charge >= 0.3 is 0 Å². The van der Waals surface area contributed by atoms with Crippen molar-refractivity contribution >= 4 is 10.0 Å². The first-order valence-corrected chi connectivity index (χ1v) is 7.61. The second-order valence-electron chi connectivity index (χ2n) is 4.03. The Bertz CT molecular complexity index is 593. The summed E-state index contributed by atoms with van der Waals surface area (Å²) in [7, 11) is -3.43. The second kappa shape index (κ2) is 6.71. The van der Waals surface area contributed by atoms with Crippen molar-refractivity contribution < 1.29 is 13.5 Å². The number of aryl methyl sites for hydroxylation is 1. The van der Waals surface area contributed by atoms with Gasteiger partial charge in [0, 0.05) is 18.7 Å². The topological polar surface area (TPSA) is 57.6 Å². The van der Waals surface area contributed by atoms with Crippen LogP contribution in [0.25, 0.3) is 0 Å². The Kier molecular flexibility index (Phi) is 5.55. The molecule has 1 rings (SSSR count). The molecule has 0 heterocycles. The van der Waals surface area contributed by atoms with Crippen LogP contribution in [0.5, 0.6) is 0 Å². The van der Waals surface area contributed by atoms with Gasteiger partial charge in [-0.15, -0.1) is 0 Å². The number of aliphatic hydroxyl groups excluding tert-OH is 1. The summed E-state index contributed by atoms with van der Waals surface area (Å²) >= 11 is 0. The highest BCUT2D eigenvalue weighted by Crippen LogP contribution is 2.18. The molecular weight excluding hydrogens is 262 g/mol. The molecule has 0 unspecified atom stereocenters. The number of aliphatic hydroxyl groups is 1. The Hall–Kier alpha value is -1.35. The molecule has 4 nitrogen and oxygen atoms in total. The fourth-order valence-corrected chi connectivity index (χ4v) is 3.33. The first-order valence-electron chi connectivity index (χ1n) is 6.17. The Balaban J connectivity index is 3.21. The van der Waals surface area contributed by atoms with E-state index in [1.165, 1.54) is 4.31 Å². The summed E-state index contributed by atoms with van der Waals surface area (Å²) in [5.41, 5.74) is 1.52. The Morgan fingerprint density at radius 3 is 2.37 bits per heavy atom. The van der Waals surface area contributed by atoms with Gasteiger partial charge in [0.2, 0.25) is 10.0 Å². The van der Waals surface area contributed by atoms with E-state index in [9.17, 15) is 8.42 Å². The monoisotopic (exact) mass is 281 g/mol. The molecule has 104 valence electrons. The summed E-state index contributed by atoms with van der Waals surface area (Å²) in [4.78, 5) is 0.281. The highest BCUT2D eigenvalue weighted by Gasteiger charge is 2.21. The highest BCUT2D eigenvalue weighted by molar-refractivity contribution is 7.89. The molecule has 0 saturated heterocycles. The molecule has 19 heavy (non-hydrogen) atoms. The number of hydrogen-bond acceptors (Lipinski definition) is 3. The highest BCUT2D eigenvalue weighted by atomic mass is 32.2. The van der Waals surface area contributed by atoms with Crippen molar-refractivity contribution in [3.05, 3.63) is 29.3 Å². The van der Waals surface area contributed by atoms with Crippen LogP contribution in [-0.4, -0.2) is 37.5 Å². The lowest BCUT2D eigenvalue weighted by atomic mass is 10.1. The van der Waals surface area contributed by atoms with Gasteiger partial charge in [-0.2, -0.15) is 4.31 Å². The van der Waals surface area contributed by atoms with Gasteiger partial charge in [-0.05, 0) is 30.7 Å². The Labute approximate surface area is 115 Å². The van der Waals surface area contributed by atoms with E-state index < -0.39 is 10.0 Å². The maximum atomic E-state index is 12.3. The van der Waals surface area contributed by atoms with Gasteiger partial charge < -0.3 is 5.11 Å². The molecule has 0 saturated carbocycles. The summed E-state index contributed by atoms with van der Waals surface area (Å²) in [6.45, 7) is 6.12. The van der Waals surface area contributed by atoms with Crippen LogP contribution >= 0.6 is 0 Å². The van der Waals surface area contributed by atoms with Crippen molar-refractivity contribution in [3.8, 4) is 11.8 Å². The van der Waals surface area contributed by atoms with Gasteiger partial charge in [0.05, 0.1) is 4.90 Å². The summed E-state index contributed by atoms with van der Waals surface area (Å²) < 4.78 is 26.1. The van der Waals surface area contributed by atoms with Gasteiger partial charge in [0.25, 0.3) is 0 Å². The first-order chi connectivity index (χ1) is 8.97. The maximum Gasteiger partial charge on any atom is 0.243 e. The minimum atomic E-state index is -3.43. The standard InChI is InChI=1S/C14H19NO3S/c1-4-15(5-2)19(17,18)14-9-8-13(7-6-10-16)12(3)11-14/h8-9,11,16H,4-5,10H2,1-3H3. The molecule has 0 aromatic heterocycles. The van der Waals surface area contributed by atoms with E-state index in [0.717, 1.165) is 11.1 Å². The molecule has 0 aliphatic heterocycles. The van der Waals surface area contributed by atoms with E-state index in [1.54, 1.807) is 18.2 Å². The van der Waals surface area contributed by atoms with E-state index >= 15 is 0 Å². The van der Waals surface area contributed by atoms with Crippen molar-refractivity contribution in [1.29, 1.82) is 0 Å². The molecule has 0 atom stereocenters. The van der Waals surface area contributed by atoms with Crippen LogP contribution in [-0.2, 0) is 10.0 Å². The van der Waals surface area contributed by atoms with Gasteiger partial charge in [-0.1, -0.05) is 25.7 Å². The van der Waals surface area contributed by atoms with Crippen LogP contribution in [0.4, 0.5) is 0 Å². The fourth-order valence-electron chi connectivity index (χ4n) is 1.78. The molecule has 0 amide bonds. The van der Waals surface area contributed by atoms with E-state index in [-0.39, 0.29) is 11.5 Å². The average Bonchev–Trinajstić information content (AvgIpc) is 2.38. The fraction of sp³-hybridized carbons (Fsp3) is 0.429. The lowest BCUT2D eigenvalue weighted by Gasteiger charge is -2.18. The number of sulfonamides is 1. The normalized spacial score (nSPS) is 11.2. The lowest BCUT2D eigenvalue weighted by Crippen LogP contribution is -2.30. The largest absolute Gasteiger partial charge is 0.384 e. The molecule has 0 radical (unpaired) electrons. The Morgan fingerprint density at radius 2 is 1.89 bits per heavy atom. The van der Waals surface area contributed by atoms with Crippen molar-refractivity contribution in [1.82, 2.24) is 4.31 Å². The van der Waals surface area contributed by atoms with E-state index in [0.29, 0.717) is 13.1 Å². The van der Waals surface area contributed by atoms with Crippen LogP contribution in [0, 0.1) is 18.8 Å². The zero-order valence-electron chi connectivity index (χ0n) is 11.5. The molecule has 0 aliphatic carbocycles. The van der Waals surface area contributed by atoms with Gasteiger partial charge in [0.1, 0.15) is 6.61 Å². The van der Waals surface area contributed by atoms with Gasteiger partial charge in [-0.25, -0.2) is 8.42 Å². The van der Waals surface area contributed by atoms with Crippen LogP contribution in [0.2, 0.25) is 0 Å². The minimum Gasteiger partial charge on any atom is -0.384 e. The van der Waals surface area contributed by atoms with Crippen LogP contribution in [0.3, 0.4) is 0 Å². The third-order valence-corrected chi connectivity index (χ3v) is 4.89. The predicted molar refractivity (Wildman–Crippen MR) is 75.2 cm³/mol. The number of hydrogen-bond donors (Lipinski definition) is 1. The first kappa shape index (κ1) is 15.7. The lowest BCUT2D eigenvalue weighted by molar-refractivity contribution is 0.350. The zero-order chi connectivity index (χ0) is 14.5. The zero-order valence-corrected chi connectivity index (χ0v) is 12.3. The summed E-state index contributed by atoms with van der Waals surface area (Å²) in [5, 5.41) is 8.66. The van der Waals surface area contributed by atoms with Crippen LogP contribution in [0.15, 0.2) is 23.1 Å². The SMILES string of the molecule is CCN(CC)S(=O)(=O)c1ccc(C#CCO)c(C)c1. The Morgan fingerprint density at radius 1 is 1.26 bits per heavy atom. The third-order valence-electron chi connectivity index (χ3n) is 2.84. The molecule has 1 aromatic rings. The van der Waals surface area contributed by atoms with Crippen molar-refractivity contribution in [2.24, 2.45) is 0 Å². The molecule has 0 aliphatic rings. The molecule has 0 spiro atoms. The molecule has 0 fully saturated rings. The van der Waals surface area contributed by atoms with Crippen molar-refractivity contribution in [2.45, 2.75) is 25.7 Å². The van der Waals surface area contributed by atoms with E-state index in [2.05, 4.69) is 11.8 Å². The molecule has 0 bridgehead atoms. The summed E-state index contributed by atoms with van der Waals surface area (Å²) in [5.74, 6) is 5.34. The van der Waals surface area contributed by atoms with Crippen LogP contribution in [0.1, 0.15) is 25.0 Å². The van der Waals surface area contributed by atoms with Crippen molar-refractivity contribution in [3.63, 3.8) is 0 Å². The smallest absolute Gasteiger partial charge is 0.243 e. The molecular formula is C14H19NO3S. The summed E-state index contributed by atoms with van der Waals surface area (Å²) in [6.07, 6.45) is 0. The number of nitrogens with zero attached hydrogens (tertiary/aromatic N) is 1. The van der Waals surface area contributed by atoms with Crippen molar-refractivity contribution in [2.75, 3.05) is 19.7 Å². The van der Waals surface area contributed by atoms with Gasteiger partial charge in [-0.3, -0.25) is 0 Å². The van der Waals surface area contributed by atoms with Gasteiger partial charge in [0.15, 0.2) is 0 Å². The number of benzene rings is 1. The third kappa shape index (κ3) is 3.57. The second-order valence-corrected chi connectivity index (χ2v) is 5.96. The number of rotatable bonds is 4. The maximum absolute atomic E-state index is 12.3. The minimum absolute atomic E-state index is 0.209. The molecule has 5 heteroatoms. The van der Waals surface area contributed by atoms with Crippen LogP contribution < -0.4 is 0 Å². The quantitative estimate of drug-likeness (QED) is 0.848. The molecule has 1 aromatic carbocycles.